The molecule has 27 heavy (non-hydrogen) atoms. The fourth-order valence-electron chi connectivity index (χ4n) is 2.69. The van der Waals surface area contributed by atoms with Gasteiger partial charge in [-0.3, -0.25) is 0 Å². The zero-order valence-corrected chi connectivity index (χ0v) is 15.0. The van der Waals surface area contributed by atoms with E-state index in [1.807, 2.05) is 19.1 Å². The SMILES string of the molecule is Cc1ccccc1-c1cc(C(F)C(F)F)nn1-c1ccc(S(N)(=O)=O)cc1. The van der Waals surface area contributed by atoms with Crippen LogP contribution in [-0.2, 0) is 10.0 Å². The van der Waals surface area contributed by atoms with Gasteiger partial charge in [-0.25, -0.2) is 31.4 Å². The summed E-state index contributed by atoms with van der Waals surface area (Å²) in [5.41, 5.74) is 1.92. The van der Waals surface area contributed by atoms with E-state index >= 15 is 0 Å². The first-order valence-corrected chi connectivity index (χ1v) is 9.44. The maximum Gasteiger partial charge on any atom is 0.275 e. The van der Waals surface area contributed by atoms with Gasteiger partial charge >= 0.3 is 0 Å². The summed E-state index contributed by atoms with van der Waals surface area (Å²) >= 11 is 0. The van der Waals surface area contributed by atoms with E-state index < -0.39 is 28.3 Å². The van der Waals surface area contributed by atoms with Gasteiger partial charge in [-0.2, -0.15) is 5.10 Å². The van der Waals surface area contributed by atoms with Crippen LogP contribution in [0.4, 0.5) is 13.2 Å². The lowest BCUT2D eigenvalue weighted by molar-refractivity contribution is 0.0471. The Balaban J connectivity index is 2.17. The number of rotatable bonds is 5. The van der Waals surface area contributed by atoms with Crippen molar-refractivity contribution in [2.24, 2.45) is 5.14 Å². The van der Waals surface area contributed by atoms with Crippen LogP contribution in [0.25, 0.3) is 16.9 Å². The molecule has 2 aromatic carbocycles. The zero-order chi connectivity index (χ0) is 19.8. The van der Waals surface area contributed by atoms with Gasteiger partial charge in [-0.15, -0.1) is 0 Å². The third-order valence-electron chi connectivity index (χ3n) is 4.06. The number of primary sulfonamides is 1. The number of nitrogens with two attached hydrogens (primary N) is 1. The van der Waals surface area contributed by atoms with Crippen LogP contribution < -0.4 is 5.14 Å². The highest BCUT2D eigenvalue weighted by Gasteiger charge is 2.26. The predicted octanol–water partition coefficient (Wildman–Crippen LogP) is 3.77. The minimum Gasteiger partial charge on any atom is -0.234 e. The van der Waals surface area contributed by atoms with E-state index in [1.54, 1.807) is 12.1 Å². The molecule has 0 aliphatic heterocycles. The van der Waals surface area contributed by atoms with Crippen molar-refractivity contribution in [1.29, 1.82) is 0 Å². The van der Waals surface area contributed by atoms with Crippen LogP contribution in [0.15, 0.2) is 59.5 Å². The van der Waals surface area contributed by atoms with Crippen LogP contribution in [-0.4, -0.2) is 24.6 Å². The van der Waals surface area contributed by atoms with Crippen molar-refractivity contribution < 1.29 is 21.6 Å². The number of benzene rings is 2. The summed E-state index contributed by atoms with van der Waals surface area (Å²) in [4.78, 5) is -0.105. The highest BCUT2D eigenvalue weighted by molar-refractivity contribution is 7.89. The van der Waals surface area contributed by atoms with Crippen molar-refractivity contribution >= 4 is 10.0 Å². The van der Waals surface area contributed by atoms with E-state index in [4.69, 9.17) is 5.14 Å². The molecule has 1 atom stereocenters. The number of sulfonamides is 1. The van der Waals surface area contributed by atoms with Gasteiger partial charge in [0.15, 0.2) is 0 Å². The van der Waals surface area contributed by atoms with E-state index in [1.165, 1.54) is 35.0 Å². The normalized spacial score (nSPS) is 13.1. The number of nitrogens with zero attached hydrogens (tertiary/aromatic N) is 2. The van der Waals surface area contributed by atoms with Gasteiger partial charge in [0.2, 0.25) is 16.2 Å². The van der Waals surface area contributed by atoms with E-state index in [-0.39, 0.29) is 4.90 Å². The molecule has 9 heteroatoms. The van der Waals surface area contributed by atoms with Crippen LogP contribution >= 0.6 is 0 Å². The highest BCUT2D eigenvalue weighted by atomic mass is 32.2. The molecule has 0 bridgehead atoms. The Morgan fingerprint density at radius 3 is 2.22 bits per heavy atom. The monoisotopic (exact) mass is 395 g/mol. The maximum atomic E-state index is 13.9. The Morgan fingerprint density at radius 1 is 1.04 bits per heavy atom. The summed E-state index contributed by atoms with van der Waals surface area (Å²) in [5, 5.41) is 9.07. The van der Waals surface area contributed by atoms with E-state index in [9.17, 15) is 21.6 Å². The predicted molar refractivity (Wildman–Crippen MR) is 95.0 cm³/mol. The average molecular weight is 395 g/mol. The molecule has 0 radical (unpaired) electrons. The van der Waals surface area contributed by atoms with Gasteiger partial charge in [-0.05, 0) is 42.8 Å². The first-order valence-electron chi connectivity index (χ1n) is 7.90. The van der Waals surface area contributed by atoms with Crippen molar-refractivity contribution in [3.05, 3.63) is 65.9 Å². The molecule has 5 nitrogen and oxygen atoms in total. The van der Waals surface area contributed by atoms with Crippen molar-refractivity contribution in [2.75, 3.05) is 0 Å². The van der Waals surface area contributed by atoms with Crippen molar-refractivity contribution in [3.8, 4) is 16.9 Å². The van der Waals surface area contributed by atoms with Crippen molar-refractivity contribution in [2.45, 2.75) is 24.4 Å². The molecule has 1 heterocycles. The molecule has 2 N–H and O–H groups in total. The van der Waals surface area contributed by atoms with Gasteiger partial charge in [-0.1, -0.05) is 24.3 Å². The first-order chi connectivity index (χ1) is 12.7. The second kappa shape index (κ2) is 7.16. The zero-order valence-electron chi connectivity index (χ0n) is 14.2. The largest absolute Gasteiger partial charge is 0.275 e. The topological polar surface area (TPSA) is 78.0 Å². The van der Waals surface area contributed by atoms with Crippen LogP contribution in [0.2, 0.25) is 0 Å². The smallest absolute Gasteiger partial charge is 0.234 e. The van der Waals surface area contributed by atoms with Gasteiger partial charge in [0.05, 0.1) is 16.3 Å². The molecule has 1 aromatic heterocycles. The second-order valence-corrected chi connectivity index (χ2v) is 7.52. The third-order valence-corrected chi connectivity index (χ3v) is 4.99. The Kier molecular flexibility index (Phi) is 5.07. The fourth-order valence-corrected chi connectivity index (χ4v) is 3.20. The number of hydrogen-bond donors (Lipinski definition) is 1. The van der Waals surface area contributed by atoms with Crippen LogP contribution in [0.3, 0.4) is 0 Å². The molecule has 0 fully saturated rings. The number of alkyl halides is 3. The Hall–Kier alpha value is -2.65. The van der Waals surface area contributed by atoms with E-state index in [0.717, 1.165) is 5.56 Å². The summed E-state index contributed by atoms with van der Waals surface area (Å²) in [6.45, 7) is 1.83. The standard InChI is InChI=1S/C18H16F3N3O2S/c1-11-4-2-3-5-14(11)16-10-15(17(19)18(20)21)23-24(16)12-6-8-13(9-7-12)27(22,25)26/h2-10,17-18H,1H3,(H2,22,25,26). The lowest BCUT2D eigenvalue weighted by Crippen LogP contribution is -2.12. The van der Waals surface area contributed by atoms with E-state index in [2.05, 4.69) is 5.10 Å². The Labute approximate surface area is 154 Å². The second-order valence-electron chi connectivity index (χ2n) is 5.96. The van der Waals surface area contributed by atoms with Gasteiger partial charge < -0.3 is 0 Å². The molecular weight excluding hydrogens is 379 g/mol. The summed E-state index contributed by atoms with van der Waals surface area (Å²) in [6.07, 6.45) is -5.74. The molecule has 0 saturated carbocycles. The molecular formula is C18H16F3N3O2S. The average Bonchev–Trinajstić information content (AvgIpc) is 3.05. The quantitative estimate of drug-likeness (QED) is 0.714. The fraction of sp³-hybridized carbons (Fsp3) is 0.167. The van der Waals surface area contributed by atoms with E-state index in [0.29, 0.717) is 16.9 Å². The first kappa shape index (κ1) is 19.1. The number of aromatic nitrogens is 2. The molecule has 1 unspecified atom stereocenters. The van der Waals surface area contributed by atoms with Crippen LogP contribution in [0, 0.1) is 6.92 Å². The Bertz CT molecular complexity index is 1060. The maximum absolute atomic E-state index is 13.9. The van der Waals surface area contributed by atoms with Crippen molar-refractivity contribution in [1.82, 2.24) is 9.78 Å². The summed E-state index contributed by atoms with van der Waals surface area (Å²) < 4.78 is 63.6. The Morgan fingerprint density at radius 2 is 1.67 bits per heavy atom. The lowest BCUT2D eigenvalue weighted by atomic mass is 10.0. The molecule has 0 aliphatic rings. The molecule has 0 saturated heterocycles. The lowest BCUT2D eigenvalue weighted by Gasteiger charge is -2.10. The van der Waals surface area contributed by atoms with Gasteiger partial charge in [0.25, 0.3) is 6.43 Å². The summed E-state index contributed by atoms with van der Waals surface area (Å²) in [7, 11) is -3.88. The number of halogens is 3. The summed E-state index contributed by atoms with van der Waals surface area (Å²) in [5.74, 6) is 0. The minimum absolute atomic E-state index is 0.105. The molecule has 0 spiro atoms. The van der Waals surface area contributed by atoms with Crippen molar-refractivity contribution in [3.63, 3.8) is 0 Å². The van der Waals surface area contributed by atoms with Crippen LogP contribution in [0.1, 0.15) is 17.4 Å². The number of aryl methyl sites for hydroxylation is 1. The summed E-state index contributed by atoms with van der Waals surface area (Å²) in [6, 6.07) is 13.8. The van der Waals surface area contributed by atoms with Gasteiger partial charge in [0, 0.05) is 5.56 Å². The van der Waals surface area contributed by atoms with Crippen LogP contribution in [0.5, 0.6) is 0 Å². The molecule has 0 amide bonds. The van der Waals surface area contributed by atoms with Gasteiger partial charge in [0.1, 0.15) is 5.69 Å². The molecule has 3 aromatic rings. The third kappa shape index (κ3) is 3.88. The molecule has 0 aliphatic carbocycles. The highest BCUT2D eigenvalue weighted by Crippen LogP contribution is 2.32. The molecule has 142 valence electrons. The number of hydrogen-bond acceptors (Lipinski definition) is 3. The minimum atomic E-state index is -3.88. The molecule has 3 rings (SSSR count).